The number of carbonyl (C=O) groups is 2. The minimum atomic E-state index is -5.00. The van der Waals surface area contributed by atoms with Crippen LogP contribution < -0.4 is 5.32 Å². The standard InChI is InChI=1S/C13H11F6NO4/c14-12(15,16)8-3-7(4-9(5-8)13(17,18)19)6-24-11(23)20-2-1-10(21)22/h3-5H,1-2,6H2,(H,20,23)(H,21,22). The summed E-state index contributed by atoms with van der Waals surface area (Å²) in [7, 11) is 0. The van der Waals surface area contributed by atoms with Crippen LogP contribution in [0.2, 0.25) is 0 Å². The van der Waals surface area contributed by atoms with Gasteiger partial charge in [-0.2, -0.15) is 26.3 Å². The lowest BCUT2D eigenvalue weighted by atomic mass is 10.1. The van der Waals surface area contributed by atoms with E-state index in [1.165, 1.54) is 0 Å². The largest absolute Gasteiger partial charge is 0.481 e. The van der Waals surface area contributed by atoms with Crippen molar-refractivity contribution in [2.75, 3.05) is 6.54 Å². The van der Waals surface area contributed by atoms with Crippen molar-refractivity contribution in [2.24, 2.45) is 0 Å². The zero-order chi connectivity index (χ0) is 18.5. The van der Waals surface area contributed by atoms with Gasteiger partial charge in [-0.1, -0.05) is 0 Å². The van der Waals surface area contributed by atoms with Crippen molar-refractivity contribution < 1.29 is 45.8 Å². The fourth-order valence-corrected chi connectivity index (χ4v) is 1.57. The molecular weight excluding hydrogens is 348 g/mol. The maximum absolute atomic E-state index is 12.6. The Morgan fingerprint density at radius 2 is 1.50 bits per heavy atom. The maximum atomic E-state index is 12.6. The molecule has 1 rings (SSSR count). The molecule has 0 unspecified atom stereocenters. The molecule has 0 saturated carbocycles. The smallest absolute Gasteiger partial charge is 0.416 e. The van der Waals surface area contributed by atoms with Crippen molar-refractivity contribution in [1.29, 1.82) is 0 Å². The van der Waals surface area contributed by atoms with E-state index in [9.17, 15) is 35.9 Å². The zero-order valence-corrected chi connectivity index (χ0v) is 11.8. The Hall–Kier alpha value is -2.46. The summed E-state index contributed by atoms with van der Waals surface area (Å²) in [6.45, 7) is -1.14. The highest BCUT2D eigenvalue weighted by Gasteiger charge is 2.36. The molecule has 134 valence electrons. The molecule has 0 spiro atoms. The molecule has 11 heteroatoms. The average molecular weight is 359 g/mol. The second-order valence-corrected chi connectivity index (χ2v) is 4.56. The van der Waals surface area contributed by atoms with Crippen molar-refractivity contribution in [2.45, 2.75) is 25.4 Å². The summed E-state index contributed by atoms with van der Waals surface area (Å²) in [6.07, 6.45) is -11.6. The number of benzene rings is 1. The fourth-order valence-electron chi connectivity index (χ4n) is 1.57. The highest BCUT2D eigenvalue weighted by molar-refractivity contribution is 5.70. The van der Waals surface area contributed by atoms with Gasteiger partial charge in [-0.25, -0.2) is 4.79 Å². The molecule has 5 nitrogen and oxygen atoms in total. The number of carboxylic acids is 1. The van der Waals surface area contributed by atoms with E-state index in [1.54, 1.807) is 0 Å². The van der Waals surface area contributed by atoms with E-state index in [2.05, 4.69) is 4.74 Å². The lowest BCUT2D eigenvalue weighted by molar-refractivity contribution is -0.143. The summed E-state index contributed by atoms with van der Waals surface area (Å²) in [5.74, 6) is -1.21. The molecule has 0 atom stereocenters. The van der Waals surface area contributed by atoms with Gasteiger partial charge in [0.05, 0.1) is 17.5 Å². The van der Waals surface area contributed by atoms with Gasteiger partial charge in [-0.3, -0.25) is 4.79 Å². The quantitative estimate of drug-likeness (QED) is 0.790. The summed E-state index contributed by atoms with van der Waals surface area (Å²) in [5, 5.41) is 10.3. The van der Waals surface area contributed by atoms with Gasteiger partial charge in [-0.05, 0) is 23.8 Å². The Kier molecular flexibility index (Phi) is 6.04. The minimum Gasteiger partial charge on any atom is -0.481 e. The maximum Gasteiger partial charge on any atom is 0.416 e. The molecule has 0 aliphatic rings. The van der Waals surface area contributed by atoms with Crippen molar-refractivity contribution >= 4 is 12.1 Å². The fraction of sp³-hybridized carbons (Fsp3) is 0.385. The third kappa shape index (κ3) is 6.34. The number of aliphatic carboxylic acids is 1. The molecule has 0 radical (unpaired) electrons. The third-order valence-electron chi connectivity index (χ3n) is 2.63. The molecule has 0 aliphatic heterocycles. The first-order valence-electron chi connectivity index (χ1n) is 6.30. The molecule has 1 amide bonds. The van der Waals surface area contributed by atoms with E-state index in [0.29, 0.717) is 12.1 Å². The van der Waals surface area contributed by atoms with Gasteiger partial charge >= 0.3 is 24.4 Å². The molecule has 1 aromatic carbocycles. The lowest BCUT2D eigenvalue weighted by Crippen LogP contribution is -2.26. The Morgan fingerprint density at radius 1 is 1.00 bits per heavy atom. The van der Waals surface area contributed by atoms with Crippen molar-refractivity contribution in [1.82, 2.24) is 5.32 Å². The minimum absolute atomic E-state index is 0.0452. The first-order chi connectivity index (χ1) is 10.9. The molecule has 0 heterocycles. The van der Waals surface area contributed by atoms with Crippen LogP contribution in [-0.2, 0) is 28.5 Å². The van der Waals surface area contributed by atoms with Gasteiger partial charge in [0.2, 0.25) is 0 Å². The predicted octanol–water partition coefficient (Wildman–Crippen LogP) is 3.43. The summed E-state index contributed by atoms with van der Waals surface area (Å²) < 4.78 is 80.3. The number of carbonyl (C=O) groups excluding carboxylic acids is 1. The Morgan fingerprint density at radius 3 is 1.92 bits per heavy atom. The monoisotopic (exact) mass is 359 g/mol. The SMILES string of the molecule is O=C(O)CCNC(=O)OCc1cc(C(F)(F)F)cc(C(F)(F)F)c1. The Bertz CT molecular complexity index is 579. The van der Waals surface area contributed by atoms with Gasteiger partial charge < -0.3 is 15.2 Å². The van der Waals surface area contributed by atoms with Crippen LogP contribution in [0, 0.1) is 0 Å². The van der Waals surface area contributed by atoms with Crippen LogP contribution in [0.25, 0.3) is 0 Å². The number of alkyl halides is 6. The van der Waals surface area contributed by atoms with Gasteiger partial charge in [0.1, 0.15) is 6.61 Å². The van der Waals surface area contributed by atoms with Gasteiger partial charge in [0.15, 0.2) is 0 Å². The van der Waals surface area contributed by atoms with Gasteiger partial charge in [0, 0.05) is 6.54 Å². The molecule has 1 aromatic rings. The van der Waals surface area contributed by atoms with Crippen molar-refractivity contribution in [3.8, 4) is 0 Å². The van der Waals surface area contributed by atoms with E-state index in [1.807, 2.05) is 5.32 Å². The number of hydrogen-bond acceptors (Lipinski definition) is 3. The highest BCUT2D eigenvalue weighted by Crippen LogP contribution is 2.36. The van der Waals surface area contributed by atoms with Crippen molar-refractivity contribution in [3.63, 3.8) is 0 Å². The van der Waals surface area contributed by atoms with Crippen LogP contribution in [0.15, 0.2) is 18.2 Å². The summed E-state index contributed by atoms with van der Waals surface area (Å²) in [5.41, 5.74) is -3.56. The Balaban J connectivity index is 2.83. The molecule has 0 saturated heterocycles. The van der Waals surface area contributed by atoms with Crippen LogP contribution in [0.5, 0.6) is 0 Å². The molecule has 0 aliphatic carbocycles. The molecule has 24 heavy (non-hydrogen) atoms. The second-order valence-electron chi connectivity index (χ2n) is 4.56. The molecule has 2 N–H and O–H groups in total. The second kappa shape index (κ2) is 7.41. The number of carboxylic acid groups (broad SMARTS) is 1. The van der Waals surface area contributed by atoms with Crippen LogP contribution in [-0.4, -0.2) is 23.7 Å². The molecule has 0 fully saturated rings. The van der Waals surface area contributed by atoms with Crippen LogP contribution in [0.3, 0.4) is 0 Å². The van der Waals surface area contributed by atoms with Crippen LogP contribution in [0.1, 0.15) is 23.1 Å². The van der Waals surface area contributed by atoms with Crippen molar-refractivity contribution in [3.05, 3.63) is 34.9 Å². The zero-order valence-electron chi connectivity index (χ0n) is 11.8. The predicted molar refractivity (Wildman–Crippen MR) is 66.9 cm³/mol. The summed E-state index contributed by atoms with van der Waals surface area (Å²) >= 11 is 0. The molecular formula is C13H11F6NO4. The summed E-state index contributed by atoms with van der Waals surface area (Å²) in [4.78, 5) is 21.4. The van der Waals surface area contributed by atoms with Crippen LogP contribution in [0.4, 0.5) is 31.1 Å². The van der Waals surface area contributed by atoms with E-state index >= 15 is 0 Å². The number of amides is 1. The molecule has 0 aromatic heterocycles. The third-order valence-corrected chi connectivity index (χ3v) is 2.63. The van der Waals surface area contributed by atoms with E-state index in [4.69, 9.17) is 5.11 Å². The van der Waals surface area contributed by atoms with E-state index in [-0.39, 0.29) is 12.6 Å². The van der Waals surface area contributed by atoms with Gasteiger partial charge in [0.25, 0.3) is 0 Å². The van der Waals surface area contributed by atoms with E-state index < -0.39 is 54.1 Å². The first kappa shape index (κ1) is 19.6. The topological polar surface area (TPSA) is 75.6 Å². The Labute approximate surface area is 131 Å². The highest BCUT2D eigenvalue weighted by atomic mass is 19.4. The lowest BCUT2D eigenvalue weighted by Gasteiger charge is -2.14. The number of hydrogen-bond donors (Lipinski definition) is 2. The molecule has 0 bridgehead atoms. The average Bonchev–Trinajstić information content (AvgIpc) is 2.42. The summed E-state index contributed by atoms with van der Waals surface area (Å²) in [6, 6.07) is 0.815. The number of alkyl carbamates (subject to hydrolysis) is 1. The normalized spacial score (nSPS) is 11.9. The number of ether oxygens (including phenoxy) is 1. The van der Waals surface area contributed by atoms with Gasteiger partial charge in [-0.15, -0.1) is 0 Å². The number of rotatable bonds is 5. The number of halogens is 6. The number of nitrogens with one attached hydrogen (secondary N) is 1. The van der Waals surface area contributed by atoms with E-state index in [0.717, 1.165) is 0 Å². The van der Waals surface area contributed by atoms with Crippen LogP contribution >= 0.6 is 0 Å². The first-order valence-corrected chi connectivity index (χ1v) is 6.30.